The van der Waals surface area contributed by atoms with E-state index in [1.54, 1.807) is 11.9 Å². The highest BCUT2D eigenvalue weighted by Crippen LogP contribution is 2.28. The van der Waals surface area contributed by atoms with Crippen molar-refractivity contribution in [3.8, 4) is 0 Å². The molecule has 0 radical (unpaired) electrons. The summed E-state index contributed by atoms with van der Waals surface area (Å²) in [6.45, 7) is 1.12. The first-order chi connectivity index (χ1) is 8.49. The van der Waals surface area contributed by atoms with Crippen LogP contribution >= 0.6 is 0 Å². The number of carbonyl (C=O) groups excluding carboxylic acids is 1. The maximum atomic E-state index is 12.1. The number of carbonyl (C=O) groups is 2. The number of nitrogens with zero attached hydrogens (tertiary/aromatic N) is 2. The first-order valence-electron chi connectivity index (χ1n) is 6.41. The zero-order chi connectivity index (χ0) is 13.3. The van der Waals surface area contributed by atoms with Crippen molar-refractivity contribution in [2.24, 2.45) is 5.92 Å². The van der Waals surface area contributed by atoms with E-state index in [2.05, 4.69) is 0 Å². The van der Waals surface area contributed by atoms with Gasteiger partial charge in [-0.1, -0.05) is 0 Å². The summed E-state index contributed by atoms with van der Waals surface area (Å²) >= 11 is 0. The predicted molar refractivity (Wildman–Crippen MR) is 64.1 cm³/mol. The summed E-state index contributed by atoms with van der Waals surface area (Å²) < 4.78 is 0. The fourth-order valence-electron chi connectivity index (χ4n) is 2.79. The lowest BCUT2D eigenvalue weighted by Crippen LogP contribution is -2.49. The summed E-state index contributed by atoms with van der Waals surface area (Å²) in [6.07, 6.45) is 2.53. The van der Waals surface area contributed by atoms with Gasteiger partial charge in [-0.2, -0.15) is 0 Å². The summed E-state index contributed by atoms with van der Waals surface area (Å²) in [5.41, 5.74) is 0. The molecule has 1 unspecified atom stereocenters. The van der Waals surface area contributed by atoms with Crippen molar-refractivity contribution in [1.29, 1.82) is 0 Å². The molecule has 2 aliphatic rings. The topological polar surface area (TPSA) is 81.1 Å². The third kappa shape index (κ3) is 2.58. The zero-order valence-corrected chi connectivity index (χ0v) is 10.6. The molecule has 0 bridgehead atoms. The number of hydrogen-bond acceptors (Lipinski definition) is 3. The first kappa shape index (κ1) is 13.1. The van der Waals surface area contributed by atoms with Gasteiger partial charge in [0.15, 0.2) is 0 Å². The quantitative estimate of drug-likeness (QED) is 0.764. The molecule has 0 aromatic rings. The molecule has 6 nitrogen and oxygen atoms in total. The Kier molecular flexibility index (Phi) is 3.75. The number of carboxylic acids is 1. The number of rotatable bonds is 3. The fraction of sp³-hybridized carbons (Fsp3) is 0.833. The third-order valence-electron chi connectivity index (χ3n) is 3.85. The van der Waals surface area contributed by atoms with Crippen molar-refractivity contribution in [3.05, 3.63) is 0 Å². The van der Waals surface area contributed by atoms with Crippen LogP contribution in [-0.2, 0) is 4.79 Å². The molecular weight excluding hydrogens is 236 g/mol. The standard InChI is InChI=1S/C12H20N2O4/c1-13(7-8-5-9(15)6-8)12(18)14-4-2-3-10(14)11(16)17/h8-10,15H,2-7H2,1H3,(H,16,17). The van der Waals surface area contributed by atoms with E-state index in [0.717, 1.165) is 19.3 Å². The molecule has 2 rings (SSSR count). The third-order valence-corrected chi connectivity index (χ3v) is 3.85. The molecule has 0 spiro atoms. The van der Waals surface area contributed by atoms with E-state index in [0.29, 0.717) is 25.4 Å². The van der Waals surface area contributed by atoms with E-state index in [9.17, 15) is 14.7 Å². The number of hydrogen-bond donors (Lipinski definition) is 2. The highest BCUT2D eigenvalue weighted by Gasteiger charge is 2.36. The van der Waals surface area contributed by atoms with E-state index in [4.69, 9.17) is 5.11 Å². The summed E-state index contributed by atoms with van der Waals surface area (Å²) in [6, 6.07) is -0.881. The van der Waals surface area contributed by atoms with Gasteiger partial charge in [-0.05, 0) is 31.6 Å². The minimum absolute atomic E-state index is 0.207. The summed E-state index contributed by atoms with van der Waals surface area (Å²) in [5, 5.41) is 18.2. The SMILES string of the molecule is CN(CC1CC(O)C1)C(=O)N1CCCC1C(=O)O. The van der Waals surface area contributed by atoms with Gasteiger partial charge >= 0.3 is 12.0 Å². The molecular formula is C12H20N2O4. The van der Waals surface area contributed by atoms with Crippen molar-refractivity contribution in [1.82, 2.24) is 9.80 Å². The lowest BCUT2D eigenvalue weighted by Gasteiger charge is -2.36. The Hall–Kier alpha value is -1.30. The van der Waals surface area contributed by atoms with Gasteiger partial charge in [-0.25, -0.2) is 9.59 Å². The van der Waals surface area contributed by atoms with Crippen LogP contribution in [0, 0.1) is 5.92 Å². The van der Waals surface area contributed by atoms with Gasteiger partial charge < -0.3 is 20.0 Å². The Morgan fingerprint density at radius 2 is 2.06 bits per heavy atom. The molecule has 1 saturated carbocycles. The Labute approximate surface area is 106 Å². The Balaban J connectivity index is 1.87. The van der Waals surface area contributed by atoms with Gasteiger partial charge in [0.1, 0.15) is 6.04 Å². The van der Waals surface area contributed by atoms with E-state index in [-0.39, 0.29) is 12.1 Å². The van der Waals surface area contributed by atoms with Crippen LogP contribution < -0.4 is 0 Å². The van der Waals surface area contributed by atoms with Gasteiger partial charge in [0.2, 0.25) is 0 Å². The maximum Gasteiger partial charge on any atom is 0.326 e. The number of aliphatic hydroxyl groups excluding tert-OH is 1. The van der Waals surface area contributed by atoms with Crippen LogP contribution in [-0.4, -0.2) is 64.3 Å². The second kappa shape index (κ2) is 5.14. The summed E-state index contributed by atoms with van der Waals surface area (Å²) in [5.74, 6) is -0.576. The van der Waals surface area contributed by atoms with E-state index >= 15 is 0 Å². The van der Waals surface area contributed by atoms with Crippen LogP contribution in [0.25, 0.3) is 0 Å². The lowest BCUT2D eigenvalue weighted by molar-refractivity contribution is -0.141. The first-order valence-corrected chi connectivity index (χ1v) is 6.41. The molecule has 102 valence electrons. The van der Waals surface area contributed by atoms with Crippen LogP contribution in [0.1, 0.15) is 25.7 Å². The fourth-order valence-corrected chi connectivity index (χ4v) is 2.79. The number of aliphatic hydroxyl groups is 1. The molecule has 1 aliphatic carbocycles. The lowest BCUT2D eigenvalue weighted by atomic mass is 9.82. The molecule has 1 atom stereocenters. The molecule has 1 heterocycles. The summed E-state index contributed by atoms with van der Waals surface area (Å²) in [4.78, 5) is 26.2. The molecule has 18 heavy (non-hydrogen) atoms. The normalized spacial score (nSPS) is 31.0. The largest absolute Gasteiger partial charge is 0.480 e. The molecule has 6 heteroatoms. The van der Waals surface area contributed by atoms with Crippen molar-refractivity contribution in [2.45, 2.75) is 37.8 Å². The average molecular weight is 256 g/mol. The minimum Gasteiger partial charge on any atom is -0.480 e. The van der Waals surface area contributed by atoms with Crippen LogP contribution in [0.2, 0.25) is 0 Å². The zero-order valence-electron chi connectivity index (χ0n) is 10.6. The van der Waals surface area contributed by atoms with Gasteiger partial charge in [0.05, 0.1) is 6.10 Å². The maximum absolute atomic E-state index is 12.1. The van der Waals surface area contributed by atoms with Gasteiger partial charge in [-0.15, -0.1) is 0 Å². The number of aliphatic carboxylic acids is 1. The van der Waals surface area contributed by atoms with Gasteiger partial charge in [-0.3, -0.25) is 0 Å². The summed E-state index contributed by atoms with van der Waals surface area (Å²) in [7, 11) is 1.70. The van der Waals surface area contributed by atoms with E-state index in [1.807, 2.05) is 0 Å². The number of urea groups is 1. The van der Waals surface area contributed by atoms with Gasteiger partial charge in [0, 0.05) is 20.1 Å². The molecule has 2 N–H and O–H groups in total. The second-order valence-corrected chi connectivity index (χ2v) is 5.34. The highest BCUT2D eigenvalue weighted by atomic mass is 16.4. The number of amides is 2. The van der Waals surface area contributed by atoms with Crippen molar-refractivity contribution in [2.75, 3.05) is 20.1 Å². The second-order valence-electron chi connectivity index (χ2n) is 5.34. The molecule has 1 saturated heterocycles. The minimum atomic E-state index is -0.923. The van der Waals surface area contributed by atoms with Crippen molar-refractivity contribution in [3.63, 3.8) is 0 Å². The smallest absolute Gasteiger partial charge is 0.326 e. The van der Waals surface area contributed by atoms with Crippen LogP contribution in [0.15, 0.2) is 0 Å². The van der Waals surface area contributed by atoms with Crippen molar-refractivity contribution < 1.29 is 19.8 Å². The molecule has 2 amide bonds. The van der Waals surface area contributed by atoms with E-state index < -0.39 is 12.0 Å². The van der Waals surface area contributed by atoms with Crippen LogP contribution in [0.3, 0.4) is 0 Å². The Morgan fingerprint density at radius 3 is 2.61 bits per heavy atom. The molecule has 0 aromatic heterocycles. The predicted octanol–water partition coefficient (Wildman–Crippen LogP) is 0.358. The Bertz CT molecular complexity index is 341. The monoisotopic (exact) mass is 256 g/mol. The number of likely N-dealkylation sites (tertiary alicyclic amines) is 1. The number of carboxylic acid groups (broad SMARTS) is 1. The van der Waals surface area contributed by atoms with Crippen LogP contribution in [0.5, 0.6) is 0 Å². The van der Waals surface area contributed by atoms with Gasteiger partial charge in [0.25, 0.3) is 0 Å². The molecule has 0 aromatic carbocycles. The highest BCUT2D eigenvalue weighted by molar-refractivity contribution is 5.83. The van der Waals surface area contributed by atoms with Crippen LogP contribution in [0.4, 0.5) is 4.79 Å². The Morgan fingerprint density at radius 1 is 1.39 bits per heavy atom. The molecule has 1 aliphatic heterocycles. The average Bonchev–Trinajstić information content (AvgIpc) is 2.74. The molecule has 2 fully saturated rings. The van der Waals surface area contributed by atoms with Crippen molar-refractivity contribution >= 4 is 12.0 Å². The van der Waals surface area contributed by atoms with E-state index in [1.165, 1.54) is 4.90 Å².